The molecule has 0 aliphatic heterocycles. The van der Waals surface area contributed by atoms with Gasteiger partial charge >= 0.3 is 0 Å². The molecule has 114 valence electrons. The molecule has 0 radical (unpaired) electrons. The third kappa shape index (κ3) is 3.46. The summed E-state index contributed by atoms with van der Waals surface area (Å²) in [5, 5.41) is 9.01. The van der Waals surface area contributed by atoms with Crippen LogP contribution < -0.4 is 4.72 Å². The SMILES string of the molecule is CC(C)(C)c1ccccc1NS(=O)(=O)c1c[nH]c(CO)c1. The monoisotopic (exact) mass is 308 g/mol. The minimum atomic E-state index is -3.68. The third-order valence-corrected chi connectivity index (χ3v) is 4.52. The molecule has 1 aromatic carbocycles. The molecule has 1 aromatic heterocycles. The fraction of sp³-hybridized carbons (Fsp3) is 0.333. The number of sulfonamides is 1. The first kappa shape index (κ1) is 15.6. The average molecular weight is 308 g/mol. The van der Waals surface area contributed by atoms with Crippen LogP contribution in [-0.4, -0.2) is 18.5 Å². The van der Waals surface area contributed by atoms with Gasteiger partial charge in [-0.3, -0.25) is 4.72 Å². The number of hydrogen-bond acceptors (Lipinski definition) is 3. The summed E-state index contributed by atoms with van der Waals surface area (Å²) in [5.74, 6) is 0. The highest BCUT2D eigenvalue weighted by Crippen LogP contribution is 2.30. The van der Waals surface area contributed by atoms with Gasteiger partial charge in [-0.1, -0.05) is 39.0 Å². The zero-order valence-electron chi connectivity index (χ0n) is 12.3. The van der Waals surface area contributed by atoms with Crippen molar-refractivity contribution in [3.63, 3.8) is 0 Å². The molecule has 0 unspecified atom stereocenters. The molecule has 1 heterocycles. The molecule has 2 aromatic rings. The third-order valence-electron chi connectivity index (χ3n) is 3.18. The first-order chi connectivity index (χ1) is 9.74. The van der Waals surface area contributed by atoms with Crippen LogP contribution in [0.4, 0.5) is 5.69 Å². The molecule has 6 heteroatoms. The topological polar surface area (TPSA) is 82.2 Å². The zero-order valence-corrected chi connectivity index (χ0v) is 13.2. The number of H-pyrrole nitrogens is 1. The molecule has 0 aliphatic rings. The van der Waals surface area contributed by atoms with E-state index in [4.69, 9.17) is 5.11 Å². The Morgan fingerprint density at radius 1 is 1.24 bits per heavy atom. The number of aliphatic hydroxyl groups excluding tert-OH is 1. The molecular weight excluding hydrogens is 288 g/mol. The van der Waals surface area contributed by atoms with E-state index in [1.54, 1.807) is 12.1 Å². The number of hydrogen-bond donors (Lipinski definition) is 3. The second kappa shape index (κ2) is 5.54. The van der Waals surface area contributed by atoms with E-state index in [-0.39, 0.29) is 16.9 Å². The number of para-hydroxylation sites is 1. The minimum absolute atomic E-state index is 0.107. The van der Waals surface area contributed by atoms with Crippen molar-refractivity contribution in [1.29, 1.82) is 0 Å². The Hall–Kier alpha value is -1.79. The quantitative estimate of drug-likeness (QED) is 0.812. The lowest BCUT2D eigenvalue weighted by Gasteiger charge is -2.23. The summed E-state index contributed by atoms with van der Waals surface area (Å²) in [6, 6.07) is 8.76. The Labute approximate surface area is 125 Å². The lowest BCUT2D eigenvalue weighted by molar-refractivity contribution is 0.277. The highest BCUT2D eigenvalue weighted by Gasteiger charge is 2.22. The molecule has 0 amide bonds. The zero-order chi connectivity index (χ0) is 15.7. The minimum Gasteiger partial charge on any atom is -0.390 e. The molecular formula is C15H20N2O3S. The van der Waals surface area contributed by atoms with Crippen molar-refractivity contribution in [2.75, 3.05) is 4.72 Å². The summed E-state index contributed by atoms with van der Waals surface area (Å²) in [4.78, 5) is 2.83. The average Bonchev–Trinajstić information content (AvgIpc) is 2.87. The van der Waals surface area contributed by atoms with Crippen molar-refractivity contribution in [1.82, 2.24) is 4.98 Å². The maximum absolute atomic E-state index is 12.4. The Morgan fingerprint density at radius 3 is 2.48 bits per heavy atom. The van der Waals surface area contributed by atoms with Crippen molar-refractivity contribution in [2.45, 2.75) is 37.7 Å². The number of rotatable bonds is 4. The van der Waals surface area contributed by atoms with Gasteiger partial charge in [0.25, 0.3) is 10.0 Å². The molecule has 0 saturated heterocycles. The van der Waals surface area contributed by atoms with Gasteiger partial charge in [-0.2, -0.15) is 0 Å². The second-order valence-electron chi connectivity index (χ2n) is 5.92. The lowest BCUT2D eigenvalue weighted by Crippen LogP contribution is -2.18. The molecule has 0 saturated carbocycles. The van der Waals surface area contributed by atoms with Crippen molar-refractivity contribution in [2.24, 2.45) is 0 Å². The highest BCUT2D eigenvalue weighted by molar-refractivity contribution is 7.92. The first-order valence-electron chi connectivity index (χ1n) is 6.64. The van der Waals surface area contributed by atoms with Crippen molar-refractivity contribution < 1.29 is 13.5 Å². The molecule has 0 atom stereocenters. The Balaban J connectivity index is 2.38. The Kier molecular flexibility index (Phi) is 4.11. The molecule has 5 nitrogen and oxygen atoms in total. The van der Waals surface area contributed by atoms with Gasteiger partial charge in [0.1, 0.15) is 4.90 Å². The van der Waals surface area contributed by atoms with E-state index in [1.165, 1.54) is 12.3 Å². The van der Waals surface area contributed by atoms with Gasteiger partial charge in [0.2, 0.25) is 0 Å². The number of anilines is 1. The van der Waals surface area contributed by atoms with Gasteiger partial charge in [-0.15, -0.1) is 0 Å². The fourth-order valence-electron chi connectivity index (χ4n) is 2.10. The lowest BCUT2D eigenvalue weighted by atomic mass is 9.86. The van der Waals surface area contributed by atoms with Crippen LogP contribution in [0.25, 0.3) is 0 Å². The molecule has 3 N–H and O–H groups in total. The van der Waals surface area contributed by atoms with Crippen molar-refractivity contribution >= 4 is 15.7 Å². The van der Waals surface area contributed by atoms with Gasteiger partial charge in [-0.05, 0) is 23.1 Å². The van der Waals surface area contributed by atoms with Gasteiger partial charge in [0.05, 0.1) is 12.3 Å². The normalized spacial score (nSPS) is 12.4. The molecule has 0 fully saturated rings. The van der Waals surface area contributed by atoms with Crippen LogP contribution in [0.2, 0.25) is 0 Å². The molecule has 0 spiro atoms. The number of aromatic amines is 1. The van der Waals surface area contributed by atoms with Gasteiger partial charge in [-0.25, -0.2) is 8.42 Å². The van der Waals surface area contributed by atoms with E-state index < -0.39 is 10.0 Å². The highest BCUT2D eigenvalue weighted by atomic mass is 32.2. The van der Waals surface area contributed by atoms with Crippen LogP contribution in [-0.2, 0) is 22.0 Å². The maximum atomic E-state index is 12.4. The van der Waals surface area contributed by atoms with Crippen LogP contribution in [0.15, 0.2) is 41.4 Å². The van der Waals surface area contributed by atoms with E-state index >= 15 is 0 Å². The number of aliphatic hydroxyl groups is 1. The van der Waals surface area contributed by atoms with E-state index in [0.29, 0.717) is 11.4 Å². The smallest absolute Gasteiger partial charge is 0.263 e. The van der Waals surface area contributed by atoms with Crippen LogP contribution in [0.5, 0.6) is 0 Å². The fourth-order valence-corrected chi connectivity index (χ4v) is 3.19. The summed E-state index contributed by atoms with van der Waals surface area (Å²) < 4.78 is 27.4. The van der Waals surface area contributed by atoms with Gasteiger partial charge in [0.15, 0.2) is 0 Å². The number of aromatic nitrogens is 1. The van der Waals surface area contributed by atoms with Crippen LogP contribution in [0.3, 0.4) is 0 Å². The summed E-state index contributed by atoms with van der Waals surface area (Å²) >= 11 is 0. The number of nitrogens with one attached hydrogen (secondary N) is 2. The van der Waals surface area contributed by atoms with E-state index in [9.17, 15) is 8.42 Å². The molecule has 0 aliphatic carbocycles. The van der Waals surface area contributed by atoms with Gasteiger partial charge in [0, 0.05) is 11.9 Å². The standard InChI is InChI=1S/C15H20N2O3S/c1-15(2,3)13-6-4-5-7-14(13)17-21(19,20)12-8-11(10-18)16-9-12/h4-9,16-18H,10H2,1-3H3. The summed E-state index contributed by atoms with van der Waals surface area (Å²) in [6.07, 6.45) is 1.37. The molecule has 0 bridgehead atoms. The summed E-state index contributed by atoms with van der Waals surface area (Å²) in [7, 11) is -3.68. The predicted octanol–water partition coefficient (Wildman–Crippen LogP) is 2.61. The molecule has 2 rings (SSSR count). The number of benzene rings is 1. The van der Waals surface area contributed by atoms with E-state index in [1.807, 2.05) is 32.9 Å². The molecule has 21 heavy (non-hydrogen) atoms. The first-order valence-corrected chi connectivity index (χ1v) is 8.13. The van der Waals surface area contributed by atoms with Crippen LogP contribution in [0.1, 0.15) is 32.0 Å². The summed E-state index contributed by atoms with van der Waals surface area (Å²) in [6.45, 7) is 5.86. The van der Waals surface area contributed by atoms with E-state index in [2.05, 4.69) is 9.71 Å². The predicted molar refractivity (Wildman–Crippen MR) is 82.7 cm³/mol. The van der Waals surface area contributed by atoms with Gasteiger partial charge < -0.3 is 10.1 Å². The van der Waals surface area contributed by atoms with Crippen LogP contribution in [0, 0.1) is 0 Å². The van der Waals surface area contributed by atoms with Crippen molar-refractivity contribution in [3.8, 4) is 0 Å². The van der Waals surface area contributed by atoms with Crippen molar-refractivity contribution in [3.05, 3.63) is 47.8 Å². The van der Waals surface area contributed by atoms with E-state index in [0.717, 1.165) is 5.56 Å². The second-order valence-corrected chi connectivity index (χ2v) is 7.60. The Bertz CT molecular complexity index is 727. The summed E-state index contributed by atoms with van der Waals surface area (Å²) in [5.41, 5.74) is 1.77. The van der Waals surface area contributed by atoms with Crippen LogP contribution >= 0.6 is 0 Å². The largest absolute Gasteiger partial charge is 0.390 e. The maximum Gasteiger partial charge on any atom is 0.263 e. The Morgan fingerprint density at radius 2 is 1.90 bits per heavy atom.